The van der Waals surface area contributed by atoms with E-state index in [0.29, 0.717) is 18.0 Å². The van der Waals surface area contributed by atoms with Crippen LogP contribution in [-0.4, -0.2) is 34.2 Å². The van der Waals surface area contributed by atoms with Gasteiger partial charge in [0.25, 0.3) is 5.91 Å². The summed E-state index contributed by atoms with van der Waals surface area (Å²) in [5.41, 5.74) is 1.34. The number of hydrogen-bond donors (Lipinski definition) is 0. The Labute approximate surface area is 113 Å². The van der Waals surface area contributed by atoms with Crippen LogP contribution in [0, 0.1) is 0 Å². The van der Waals surface area contributed by atoms with Gasteiger partial charge >= 0.3 is 0 Å². The Kier molecular flexibility index (Phi) is 3.04. The highest BCUT2D eigenvalue weighted by atomic mass is 32.1. The molecule has 3 rings (SSSR count). The summed E-state index contributed by atoms with van der Waals surface area (Å²) in [4.78, 5) is 13.6. The maximum absolute atomic E-state index is 12.0. The van der Waals surface area contributed by atoms with Crippen molar-refractivity contribution in [2.75, 3.05) is 13.8 Å². The van der Waals surface area contributed by atoms with Gasteiger partial charge in [0.2, 0.25) is 6.79 Å². The van der Waals surface area contributed by atoms with E-state index in [1.807, 2.05) is 18.2 Å². The molecule has 1 aliphatic heterocycles. The van der Waals surface area contributed by atoms with Crippen molar-refractivity contribution in [3.8, 4) is 11.5 Å². The van der Waals surface area contributed by atoms with Gasteiger partial charge in [0.1, 0.15) is 0 Å². The molecule has 1 amide bonds. The number of fused-ring (bicyclic) bond motifs is 1. The van der Waals surface area contributed by atoms with E-state index in [1.165, 1.54) is 0 Å². The molecule has 2 aromatic rings. The van der Waals surface area contributed by atoms with E-state index >= 15 is 0 Å². The number of benzene rings is 1. The number of rotatable bonds is 3. The Morgan fingerprint density at radius 1 is 1.42 bits per heavy atom. The summed E-state index contributed by atoms with van der Waals surface area (Å²) in [6.07, 6.45) is 0. The standard InChI is InChI=1S/C12H11N3O3S/c1-15(12(16)9-6-19-14-13-9)5-8-2-3-10-11(4-8)18-7-17-10/h2-4,6H,5,7H2,1H3. The van der Waals surface area contributed by atoms with E-state index < -0.39 is 0 Å². The lowest BCUT2D eigenvalue weighted by molar-refractivity contribution is 0.0779. The molecule has 0 bridgehead atoms. The lowest BCUT2D eigenvalue weighted by atomic mass is 10.2. The molecule has 98 valence electrons. The van der Waals surface area contributed by atoms with Crippen LogP contribution in [0.4, 0.5) is 0 Å². The Morgan fingerprint density at radius 3 is 3.05 bits per heavy atom. The molecule has 0 radical (unpaired) electrons. The molecule has 7 heteroatoms. The van der Waals surface area contributed by atoms with Crippen LogP contribution in [0.15, 0.2) is 23.6 Å². The number of ether oxygens (including phenoxy) is 2. The summed E-state index contributed by atoms with van der Waals surface area (Å²) in [7, 11) is 1.73. The lowest BCUT2D eigenvalue weighted by Gasteiger charge is -2.15. The summed E-state index contributed by atoms with van der Waals surface area (Å²) >= 11 is 1.16. The lowest BCUT2D eigenvalue weighted by Crippen LogP contribution is -2.26. The average Bonchev–Trinajstić information content (AvgIpc) is 3.08. The third kappa shape index (κ3) is 2.37. The zero-order valence-corrected chi connectivity index (χ0v) is 11.0. The first-order chi connectivity index (χ1) is 9.24. The first-order valence-electron chi connectivity index (χ1n) is 5.65. The van der Waals surface area contributed by atoms with E-state index in [4.69, 9.17) is 9.47 Å². The van der Waals surface area contributed by atoms with Gasteiger partial charge in [0, 0.05) is 19.0 Å². The predicted octanol–water partition coefficient (Wildman–Crippen LogP) is 1.54. The largest absolute Gasteiger partial charge is 0.454 e. The van der Waals surface area contributed by atoms with Gasteiger partial charge in [-0.2, -0.15) is 0 Å². The van der Waals surface area contributed by atoms with E-state index in [1.54, 1.807) is 17.3 Å². The molecule has 0 spiro atoms. The van der Waals surface area contributed by atoms with Crippen LogP contribution >= 0.6 is 11.5 Å². The highest BCUT2D eigenvalue weighted by Crippen LogP contribution is 2.32. The fourth-order valence-corrected chi connectivity index (χ4v) is 2.27. The van der Waals surface area contributed by atoms with Crippen LogP contribution in [0.1, 0.15) is 16.1 Å². The molecule has 0 aliphatic carbocycles. The van der Waals surface area contributed by atoms with Crippen LogP contribution < -0.4 is 9.47 Å². The van der Waals surface area contributed by atoms with Crippen molar-refractivity contribution in [3.63, 3.8) is 0 Å². The van der Waals surface area contributed by atoms with Crippen molar-refractivity contribution in [2.45, 2.75) is 6.54 Å². The first-order valence-corrected chi connectivity index (χ1v) is 6.49. The number of amides is 1. The number of carbonyl (C=O) groups excluding carboxylic acids is 1. The molecule has 19 heavy (non-hydrogen) atoms. The normalized spacial score (nSPS) is 12.5. The van der Waals surface area contributed by atoms with E-state index in [2.05, 4.69) is 9.59 Å². The highest BCUT2D eigenvalue weighted by molar-refractivity contribution is 7.03. The molecule has 2 heterocycles. The summed E-state index contributed by atoms with van der Waals surface area (Å²) < 4.78 is 14.2. The highest BCUT2D eigenvalue weighted by Gasteiger charge is 2.17. The second-order valence-electron chi connectivity index (χ2n) is 4.14. The van der Waals surface area contributed by atoms with Gasteiger partial charge in [-0.3, -0.25) is 4.79 Å². The Balaban J connectivity index is 1.73. The Hall–Kier alpha value is -2.15. The third-order valence-electron chi connectivity index (χ3n) is 2.78. The maximum atomic E-state index is 12.0. The van der Waals surface area contributed by atoms with Crippen LogP contribution in [0.25, 0.3) is 0 Å². The molecule has 6 nitrogen and oxygen atoms in total. The zero-order valence-electron chi connectivity index (χ0n) is 10.2. The maximum Gasteiger partial charge on any atom is 0.275 e. The van der Waals surface area contributed by atoms with Crippen molar-refractivity contribution in [1.82, 2.24) is 14.5 Å². The van der Waals surface area contributed by atoms with E-state index in [0.717, 1.165) is 22.8 Å². The summed E-state index contributed by atoms with van der Waals surface area (Å²) in [6, 6.07) is 5.64. The molecular formula is C12H11N3O3S. The van der Waals surface area contributed by atoms with Gasteiger partial charge in [-0.15, -0.1) is 5.10 Å². The van der Waals surface area contributed by atoms with Crippen LogP contribution in [0.3, 0.4) is 0 Å². The fourth-order valence-electron chi connectivity index (χ4n) is 1.84. The minimum absolute atomic E-state index is 0.147. The minimum Gasteiger partial charge on any atom is -0.454 e. The van der Waals surface area contributed by atoms with E-state index in [9.17, 15) is 4.79 Å². The van der Waals surface area contributed by atoms with Gasteiger partial charge in [-0.1, -0.05) is 10.6 Å². The monoisotopic (exact) mass is 277 g/mol. The van der Waals surface area contributed by atoms with Crippen LogP contribution in [-0.2, 0) is 6.54 Å². The van der Waals surface area contributed by atoms with Crippen molar-refractivity contribution in [3.05, 3.63) is 34.8 Å². The van der Waals surface area contributed by atoms with Gasteiger partial charge in [0.15, 0.2) is 17.2 Å². The summed E-state index contributed by atoms with van der Waals surface area (Å²) in [6.45, 7) is 0.727. The summed E-state index contributed by atoms with van der Waals surface area (Å²) in [5.74, 6) is 1.31. The number of aromatic nitrogens is 2. The topological polar surface area (TPSA) is 64.6 Å². The van der Waals surface area contributed by atoms with Gasteiger partial charge < -0.3 is 14.4 Å². The minimum atomic E-state index is -0.147. The second-order valence-corrected chi connectivity index (χ2v) is 4.75. The number of nitrogens with zero attached hydrogens (tertiary/aromatic N) is 3. The first kappa shape index (κ1) is 11.9. The summed E-state index contributed by atoms with van der Waals surface area (Å²) in [5, 5.41) is 5.41. The van der Waals surface area contributed by atoms with Crippen molar-refractivity contribution in [1.29, 1.82) is 0 Å². The third-order valence-corrected chi connectivity index (χ3v) is 3.29. The molecule has 0 fully saturated rings. The molecule has 0 N–H and O–H groups in total. The number of carbonyl (C=O) groups is 1. The Morgan fingerprint density at radius 2 is 2.26 bits per heavy atom. The van der Waals surface area contributed by atoms with Crippen LogP contribution in [0.5, 0.6) is 11.5 Å². The van der Waals surface area contributed by atoms with Crippen molar-refractivity contribution < 1.29 is 14.3 Å². The molecule has 1 aliphatic rings. The smallest absolute Gasteiger partial charge is 0.275 e. The SMILES string of the molecule is CN(Cc1ccc2c(c1)OCO2)C(=O)c1csnn1. The molecule has 0 saturated carbocycles. The van der Waals surface area contributed by atoms with Gasteiger partial charge in [-0.25, -0.2) is 0 Å². The number of hydrogen-bond acceptors (Lipinski definition) is 6. The molecule has 1 aromatic heterocycles. The van der Waals surface area contributed by atoms with Gasteiger partial charge in [0.05, 0.1) is 0 Å². The van der Waals surface area contributed by atoms with E-state index in [-0.39, 0.29) is 12.7 Å². The van der Waals surface area contributed by atoms with Crippen molar-refractivity contribution in [2.24, 2.45) is 0 Å². The molecule has 0 atom stereocenters. The average molecular weight is 277 g/mol. The Bertz CT molecular complexity index is 600. The molecular weight excluding hydrogens is 266 g/mol. The molecule has 0 saturated heterocycles. The quantitative estimate of drug-likeness (QED) is 0.851. The fraction of sp³-hybridized carbons (Fsp3) is 0.250. The van der Waals surface area contributed by atoms with Crippen LogP contribution in [0.2, 0.25) is 0 Å². The van der Waals surface area contributed by atoms with Crippen molar-refractivity contribution >= 4 is 17.4 Å². The predicted molar refractivity (Wildman–Crippen MR) is 68.3 cm³/mol. The molecule has 1 aromatic carbocycles. The van der Waals surface area contributed by atoms with Gasteiger partial charge in [-0.05, 0) is 29.2 Å². The molecule has 0 unspecified atom stereocenters. The second kappa shape index (κ2) is 4.85. The zero-order chi connectivity index (χ0) is 13.2.